The van der Waals surface area contributed by atoms with Crippen molar-refractivity contribution >= 4 is 29.3 Å². The van der Waals surface area contributed by atoms with Gasteiger partial charge in [-0.05, 0) is 37.3 Å². The first-order valence-electron chi connectivity index (χ1n) is 8.68. The lowest BCUT2D eigenvalue weighted by molar-refractivity contribution is -0.387. The van der Waals surface area contributed by atoms with Gasteiger partial charge < -0.3 is 9.64 Å². The fraction of sp³-hybridized carbons (Fsp3) is 0.556. The number of rotatable bonds is 6. The van der Waals surface area contributed by atoms with Crippen molar-refractivity contribution in [2.24, 2.45) is 11.8 Å². The Hall–Kier alpha value is -2.09. The van der Waals surface area contributed by atoms with Gasteiger partial charge in [-0.15, -0.1) is 11.8 Å². The third-order valence-electron chi connectivity index (χ3n) is 4.21. The molecule has 7 nitrogen and oxygen atoms in total. The molecule has 0 N–H and O–H groups in total. The summed E-state index contributed by atoms with van der Waals surface area (Å²) in [6.45, 7) is 7.50. The molecule has 0 spiro atoms. The number of carbonyl (C=O) groups excluding carboxylic acids is 2. The van der Waals surface area contributed by atoms with Crippen molar-refractivity contribution in [2.45, 2.75) is 32.1 Å². The molecule has 0 saturated carbocycles. The minimum atomic E-state index is -0.522. The average Bonchev–Trinajstić information content (AvgIpc) is 2.58. The maximum atomic E-state index is 12.8. The maximum absolute atomic E-state index is 12.8. The van der Waals surface area contributed by atoms with Crippen molar-refractivity contribution in [3.8, 4) is 0 Å². The fourth-order valence-corrected chi connectivity index (χ4v) is 4.07. The second-order valence-corrected chi connectivity index (χ2v) is 7.71. The highest BCUT2D eigenvalue weighted by molar-refractivity contribution is 8.00. The Morgan fingerprint density at radius 1 is 1.31 bits per heavy atom. The summed E-state index contributed by atoms with van der Waals surface area (Å²) in [5.41, 5.74) is 0.140. The van der Waals surface area contributed by atoms with Crippen LogP contribution in [0.5, 0.6) is 0 Å². The van der Waals surface area contributed by atoms with E-state index in [1.807, 2.05) is 0 Å². The molecular formula is C18H24N2O5S. The molecule has 8 heteroatoms. The van der Waals surface area contributed by atoms with Gasteiger partial charge >= 0.3 is 5.97 Å². The van der Waals surface area contributed by atoms with Crippen LogP contribution in [0.1, 0.15) is 37.6 Å². The molecule has 1 aromatic rings. The van der Waals surface area contributed by atoms with Crippen LogP contribution >= 0.6 is 11.8 Å². The van der Waals surface area contributed by atoms with Gasteiger partial charge in [0.1, 0.15) is 0 Å². The second kappa shape index (κ2) is 9.02. The topological polar surface area (TPSA) is 89.8 Å². The number of hydrogen-bond donors (Lipinski definition) is 0. The largest absolute Gasteiger partial charge is 0.465 e. The Labute approximate surface area is 157 Å². The van der Waals surface area contributed by atoms with Crippen LogP contribution in [0.3, 0.4) is 0 Å². The van der Waals surface area contributed by atoms with Crippen molar-refractivity contribution in [1.29, 1.82) is 0 Å². The molecule has 1 heterocycles. The molecular weight excluding hydrogens is 356 g/mol. The summed E-state index contributed by atoms with van der Waals surface area (Å²) in [6.07, 6.45) is 1.08. The Kier molecular flexibility index (Phi) is 7.02. The van der Waals surface area contributed by atoms with Crippen molar-refractivity contribution in [1.82, 2.24) is 4.90 Å². The zero-order valence-corrected chi connectivity index (χ0v) is 16.1. The van der Waals surface area contributed by atoms with Gasteiger partial charge in [0.25, 0.3) is 11.6 Å². The van der Waals surface area contributed by atoms with Crippen LogP contribution in [0.2, 0.25) is 0 Å². The van der Waals surface area contributed by atoms with Gasteiger partial charge in [-0.3, -0.25) is 19.7 Å². The maximum Gasteiger partial charge on any atom is 0.316 e. The Balaban J connectivity index is 2.17. The highest BCUT2D eigenvalue weighted by Gasteiger charge is 2.27. The van der Waals surface area contributed by atoms with E-state index in [-0.39, 0.29) is 24.0 Å². The number of esters is 1. The summed E-state index contributed by atoms with van der Waals surface area (Å²) in [5, 5.41) is 11.4. The number of piperidine rings is 1. The fourth-order valence-electron chi connectivity index (χ4n) is 3.27. The monoisotopic (exact) mass is 380 g/mol. The number of benzene rings is 1. The van der Waals surface area contributed by atoms with Crippen LogP contribution < -0.4 is 0 Å². The Morgan fingerprint density at radius 3 is 2.54 bits per heavy atom. The normalized spacial score (nSPS) is 19.9. The molecule has 1 aromatic carbocycles. The first kappa shape index (κ1) is 20.2. The summed E-state index contributed by atoms with van der Waals surface area (Å²) in [7, 11) is 0. The highest BCUT2D eigenvalue weighted by atomic mass is 32.2. The van der Waals surface area contributed by atoms with Crippen LogP contribution in [0.4, 0.5) is 5.69 Å². The third-order valence-corrected chi connectivity index (χ3v) is 5.25. The molecule has 1 aliphatic rings. The predicted octanol–water partition coefficient (Wildman–Crippen LogP) is 3.37. The van der Waals surface area contributed by atoms with Crippen molar-refractivity contribution < 1.29 is 19.2 Å². The number of hydrogen-bond acceptors (Lipinski definition) is 6. The SMILES string of the molecule is CCOC(=O)CSc1ccc(C(=O)N2C[C@H](C)C[C@H](C)C2)cc1[N+](=O)[O-]. The summed E-state index contributed by atoms with van der Waals surface area (Å²) < 4.78 is 4.83. The molecule has 26 heavy (non-hydrogen) atoms. The summed E-state index contributed by atoms with van der Waals surface area (Å²) >= 11 is 1.04. The Morgan fingerprint density at radius 2 is 1.96 bits per heavy atom. The molecule has 0 unspecified atom stereocenters. The van der Waals surface area contributed by atoms with E-state index < -0.39 is 10.9 Å². The molecule has 1 amide bonds. The number of ether oxygens (including phenoxy) is 1. The highest BCUT2D eigenvalue weighted by Crippen LogP contribution is 2.31. The number of amides is 1. The van der Waals surface area contributed by atoms with Gasteiger partial charge in [0, 0.05) is 24.7 Å². The third kappa shape index (κ3) is 5.20. The van der Waals surface area contributed by atoms with Gasteiger partial charge in [0.2, 0.25) is 0 Å². The standard InChI is InChI=1S/C18H24N2O5S/c1-4-25-17(21)11-26-16-6-5-14(8-15(16)20(23)24)18(22)19-9-12(2)7-13(3)10-19/h5-6,8,12-13H,4,7,9-11H2,1-3H3/t12-,13+. The number of nitro benzene ring substituents is 1. The minimum Gasteiger partial charge on any atom is -0.465 e. The lowest BCUT2D eigenvalue weighted by Gasteiger charge is -2.35. The van der Waals surface area contributed by atoms with E-state index in [1.54, 1.807) is 17.9 Å². The molecule has 0 aromatic heterocycles. The van der Waals surface area contributed by atoms with Gasteiger partial charge in [-0.25, -0.2) is 0 Å². The predicted molar refractivity (Wildman–Crippen MR) is 99.3 cm³/mol. The quantitative estimate of drug-likeness (QED) is 0.325. The van der Waals surface area contributed by atoms with Crippen molar-refractivity contribution in [2.75, 3.05) is 25.4 Å². The van der Waals surface area contributed by atoms with Crippen LogP contribution in [-0.2, 0) is 9.53 Å². The number of likely N-dealkylation sites (tertiary alicyclic amines) is 1. The number of carbonyl (C=O) groups is 2. The van der Waals surface area contributed by atoms with E-state index >= 15 is 0 Å². The van der Waals surface area contributed by atoms with E-state index in [0.29, 0.717) is 35.4 Å². The molecule has 0 bridgehead atoms. The lowest BCUT2D eigenvalue weighted by atomic mass is 9.91. The zero-order valence-electron chi connectivity index (χ0n) is 15.3. The molecule has 0 radical (unpaired) electrons. The van der Waals surface area contributed by atoms with E-state index in [2.05, 4.69) is 13.8 Å². The summed E-state index contributed by atoms with van der Waals surface area (Å²) in [4.78, 5) is 37.2. The van der Waals surface area contributed by atoms with Crippen LogP contribution in [0.15, 0.2) is 23.1 Å². The van der Waals surface area contributed by atoms with Crippen LogP contribution in [0.25, 0.3) is 0 Å². The van der Waals surface area contributed by atoms with Gasteiger partial charge in [-0.2, -0.15) is 0 Å². The lowest BCUT2D eigenvalue weighted by Crippen LogP contribution is -2.42. The zero-order chi connectivity index (χ0) is 19.3. The van der Waals surface area contributed by atoms with E-state index in [4.69, 9.17) is 4.74 Å². The molecule has 1 saturated heterocycles. The molecule has 2 atom stereocenters. The Bertz CT molecular complexity index is 684. The van der Waals surface area contributed by atoms with Crippen LogP contribution in [-0.4, -0.2) is 47.1 Å². The van der Waals surface area contributed by atoms with Gasteiger partial charge in [0.15, 0.2) is 0 Å². The molecule has 1 fully saturated rings. The minimum absolute atomic E-state index is 0.0108. The average molecular weight is 380 g/mol. The number of thioether (sulfide) groups is 1. The van der Waals surface area contributed by atoms with E-state index in [0.717, 1.165) is 18.2 Å². The smallest absolute Gasteiger partial charge is 0.316 e. The first-order chi connectivity index (χ1) is 12.3. The molecule has 2 rings (SSSR count). The van der Waals surface area contributed by atoms with E-state index in [1.165, 1.54) is 12.1 Å². The first-order valence-corrected chi connectivity index (χ1v) is 9.66. The molecule has 142 valence electrons. The van der Waals surface area contributed by atoms with Crippen LogP contribution in [0, 0.1) is 22.0 Å². The van der Waals surface area contributed by atoms with Crippen molar-refractivity contribution in [3.05, 3.63) is 33.9 Å². The van der Waals surface area contributed by atoms with Gasteiger partial charge in [0.05, 0.1) is 22.2 Å². The van der Waals surface area contributed by atoms with E-state index in [9.17, 15) is 19.7 Å². The summed E-state index contributed by atoms with van der Waals surface area (Å²) in [5.74, 6) is 0.203. The summed E-state index contributed by atoms with van der Waals surface area (Å²) in [6, 6.07) is 4.43. The number of nitrogens with zero attached hydrogens (tertiary/aromatic N) is 2. The second-order valence-electron chi connectivity index (χ2n) is 6.69. The van der Waals surface area contributed by atoms with Gasteiger partial charge in [-0.1, -0.05) is 13.8 Å². The van der Waals surface area contributed by atoms with Crippen molar-refractivity contribution in [3.63, 3.8) is 0 Å². The molecule has 1 aliphatic heterocycles. The number of nitro groups is 1. The molecule has 0 aliphatic carbocycles.